The minimum atomic E-state index is -0.552. The minimum Gasteiger partial charge on any atom is -0.444 e. The number of carbonyl (C=O) groups excluding carboxylic acids is 2. The number of hydrogen-bond acceptors (Lipinski definition) is 6. The first-order valence-corrected chi connectivity index (χ1v) is 8.60. The molecule has 1 saturated heterocycles. The Morgan fingerprint density at radius 1 is 1.27 bits per heavy atom. The molecule has 0 spiro atoms. The Morgan fingerprint density at radius 2 is 1.88 bits per heavy atom. The lowest BCUT2D eigenvalue weighted by molar-refractivity contribution is -0.384. The third kappa shape index (κ3) is 5.18. The van der Waals surface area contributed by atoms with Crippen LogP contribution in [0.1, 0.15) is 50.9 Å². The maximum Gasteiger partial charge on any atom is 0.407 e. The molecule has 0 saturated carbocycles. The summed E-state index contributed by atoms with van der Waals surface area (Å²) >= 11 is 0. The van der Waals surface area contributed by atoms with Crippen molar-refractivity contribution in [3.63, 3.8) is 0 Å². The summed E-state index contributed by atoms with van der Waals surface area (Å²) in [5.41, 5.74) is 0.193. The Bertz CT molecular complexity index is 703. The highest BCUT2D eigenvalue weighted by atomic mass is 16.6. The van der Waals surface area contributed by atoms with Crippen LogP contribution in [0.5, 0.6) is 0 Å². The van der Waals surface area contributed by atoms with Gasteiger partial charge in [-0.05, 0) is 52.7 Å². The normalized spacial score (nSPS) is 15.5. The molecule has 142 valence electrons. The molecule has 1 fully saturated rings. The quantitative estimate of drug-likeness (QED) is 0.500. The van der Waals surface area contributed by atoms with Crippen molar-refractivity contribution in [3.05, 3.63) is 33.9 Å². The molecule has 0 atom stereocenters. The van der Waals surface area contributed by atoms with Gasteiger partial charge in [0.05, 0.1) is 4.92 Å². The average molecular weight is 363 g/mol. The Labute approximate surface area is 152 Å². The van der Waals surface area contributed by atoms with Crippen molar-refractivity contribution in [2.75, 3.05) is 18.0 Å². The highest BCUT2D eigenvalue weighted by Gasteiger charge is 2.27. The number of nitro groups is 1. The summed E-state index contributed by atoms with van der Waals surface area (Å²) in [4.78, 5) is 36.1. The number of carbonyl (C=O) groups is 2. The van der Waals surface area contributed by atoms with Crippen LogP contribution in [0.3, 0.4) is 0 Å². The molecule has 0 aromatic heterocycles. The fraction of sp³-hybridized carbons (Fsp3) is 0.556. The van der Waals surface area contributed by atoms with Crippen molar-refractivity contribution in [2.45, 2.75) is 52.2 Å². The minimum absolute atomic E-state index is 0.0309. The number of anilines is 1. The lowest BCUT2D eigenvalue weighted by atomic mass is 10.0. The molecule has 0 unspecified atom stereocenters. The number of rotatable bonds is 4. The summed E-state index contributed by atoms with van der Waals surface area (Å²) in [6, 6.07) is 4.52. The van der Waals surface area contributed by atoms with E-state index in [9.17, 15) is 19.7 Å². The second kappa shape index (κ2) is 7.72. The van der Waals surface area contributed by atoms with Gasteiger partial charge in [0.1, 0.15) is 11.3 Å². The number of ketones is 1. The second-order valence-corrected chi connectivity index (χ2v) is 7.42. The summed E-state index contributed by atoms with van der Waals surface area (Å²) in [6.07, 6.45) is 0.864. The first-order chi connectivity index (χ1) is 12.1. The topological polar surface area (TPSA) is 102 Å². The van der Waals surface area contributed by atoms with Crippen molar-refractivity contribution >= 4 is 23.3 Å². The number of benzene rings is 1. The molecular formula is C18H25N3O5. The van der Waals surface area contributed by atoms with E-state index in [1.165, 1.54) is 13.0 Å². The summed E-state index contributed by atoms with van der Waals surface area (Å²) in [7, 11) is 0. The van der Waals surface area contributed by atoms with E-state index in [-0.39, 0.29) is 17.5 Å². The number of amides is 1. The van der Waals surface area contributed by atoms with E-state index < -0.39 is 16.6 Å². The molecule has 8 heteroatoms. The number of nitro benzene ring substituents is 1. The van der Waals surface area contributed by atoms with Crippen LogP contribution in [-0.2, 0) is 4.74 Å². The van der Waals surface area contributed by atoms with Crippen LogP contribution in [0.25, 0.3) is 0 Å². The molecule has 0 aliphatic carbocycles. The van der Waals surface area contributed by atoms with E-state index in [1.807, 2.05) is 4.90 Å². The number of piperidine rings is 1. The van der Waals surface area contributed by atoms with E-state index in [2.05, 4.69) is 5.32 Å². The number of Topliss-reactive ketones (excluding diaryl/α,β-unsaturated/α-hetero) is 1. The summed E-state index contributed by atoms with van der Waals surface area (Å²) < 4.78 is 5.25. The Kier molecular flexibility index (Phi) is 5.84. The van der Waals surface area contributed by atoms with Gasteiger partial charge >= 0.3 is 6.09 Å². The molecule has 1 heterocycles. The number of hydrogen-bond donors (Lipinski definition) is 1. The van der Waals surface area contributed by atoms with E-state index in [0.717, 1.165) is 0 Å². The molecule has 0 radical (unpaired) electrons. The van der Waals surface area contributed by atoms with Crippen LogP contribution in [0.4, 0.5) is 16.2 Å². The molecule has 1 aromatic rings. The first kappa shape index (κ1) is 19.7. The predicted molar refractivity (Wildman–Crippen MR) is 97.7 cm³/mol. The lowest BCUT2D eigenvalue weighted by Gasteiger charge is -2.34. The van der Waals surface area contributed by atoms with Crippen LogP contribution in [0, 0.1) is 10.1 Å². The molecule has 26 heavy (non-hydrogen) atoms. The lowest BCUT2D eigenvalue weighted by Crippen LogP contribution is -2.46. The van der Waals surface area contributed by atoms with Gasteiger partial charge in [-0.15, -0.1) is 0 Å². The highest BCUT2D eigenvalue weighted by Crippen LogP contribution is 2.31. The average Bonchev–Trinajstić information content (AvgIpc) is 2.53. The van der Waals surface area contributed by atoms with Gasteiger partial charge in [0.15, 0.2) is 5.78 Å². The monoisotopic (exact) mass is 363 g/mol. The van der Waals surface area contributed by atoms with Crippen LogP contribution >= 0.6 is 0 Å². The molecule has 2 rings (SSSR count). The maximum absolute atomic E-state index is 11.9. The van der Waals surface area contributed by atoms with Gasteiger partial charge < -0.3 is 15.0 Å². The molecule has 8 nitrogen and oxygen atoms in total. The number of nitrogens with one attached hydrogen (secondary N) is 1. The van der Waals surface area contributed by atoms with Gasteiger partial charge in [-0.3, -0.25) is 14.9 Å². The van der Waals surface area contributed by atoms with Gasteiger partial charge in [0.25, 0.3) is 5.69 Å². The highest BCUT2D eigenvalue weighted by molar-refractivity contribution is 5.95. The summed E-state index contributed by atoms with van der Waals surface area (Å²) in [6.45, 7) is 7.94. The molecule has 1 aromatic carbocycles. The molecule has 1 aliphatic rings. The molecule has 1 amide bonds. The van der Waals surface area contributed by atoms with Crippen molar-refractivity contribution in [3.8, 4) is 0 Å². The third-order valence-electron chi connectivity index (χ3n) is 4.14. The molecule has 1 N–H and O–H groups in total. The molecular weight excluding hydrogens is 338 g/mol. The Morgan fingerprint density at radius 3 is 2.38 bits per heavy atom. The standard InChI is InChI=1S/C18H25N3O5/c1-12(22)13-5-6-15(16(11-13)21(24)25)20-9-7-14(8-10-20)19-17(23)26-18(2,3)4/h5-6,11,14H,7-10H2,1-4H3,(H,19,23). The summed E-state index contributed by atoms with van der Waals surface area (Å²) in [5, 5.41) is 14.2. The predicted octanol–water partition coefficient (Wildman–Crippen LogP) is 3.29. The van der Waals surface area contributed by atoms with Gasteiger partial charge in [0.2, 0.25) is 0 Å². The van der Waals surface area contributed by atoms with Crippen LogP contribution in [-0.4, -0.2) is 41.5 Å². The number of nitrogens with zero attached hydrogens (tertiary/aromatic N) is 2. The van der Waals surface area contributed by atoms with Crippen molar-refractivity contribution in [1.29, 1.82) is 0 Å². The van der Waals surface area contributed by atoms with Crippen LogP contribution in [0.15, 0.2) is 18.2 Å². The Hall–Kier alpha value is -2.64. The maximum atomic E-state index is 11.9. The van der Waals surface area contributed by atoms with Crippen molar-refractivity contribution < 1.29 is 19.2 Å². The number of alkyl carbamates (subject to hydrolysis) is 1. The molecule has 1 aliphatic heterocycles. The third-order valence-corrected chi connectivity index (χ3v) is 4.14. The van der Waals surface area contributed by atoms with Gasteiger partial charge in [-0.2, -0.15) is 0 Å². The Balaban J connectivity index is 2.02. The van der Waals surface area contributed by atoms with E-state index in [0.29, 0.717) is 37.2 Å². The smallest absolute Gasteiger partial charge is 0.407 e. The van der Waals surface area contributed by atoms with Crippen molar-refractivity contribution in [2.24, 2.45) is 0 Å². The zero-order chi connectivity index (χ0) is 19.5. The fourth-order valence-corrected chi connectivity index (χ4v) is 2.90. The fourth-order valence-electron chi connectivity index (χ4n) is 2.90. The van der Waals surface area contributed by atoms with Crippen LogP contribution in [0.2, 0.25) is 0 Å². The van der Waals surface area contributed by atoms with Crippen LogP contribution < -0.4 is 10.2 Å². The number of ether oxygens (including phenoxy) is 1. The zero-order valence-electron chi connectivity index (χ0n) is 15.6. The van der Waals surface area contributed by atoms with Crippen molar-refractivity contribution in [1.82, 2.24) is 5.32 Å². The largest absolute Gasteiger partial charge is 0.444 e. The SMILES string of the molecule is CC(=O)c1ccc(N2CCC(NC(=O)OC(C)(C)C)CC2)c([N+](=O)[O-])c1. The zero-order valence-corrected chi connectivity index (χ0v) is 15.6. The van der Waals surface area contributed by atoms with Gasteiger partial charge in [-0.25, -0.2) is 4.79 Å². The van der Waals surface area contributed by atoms with E-state index in [4.69, 9.17) is 4.74 Å². The van der Waals surface area contributed by atoms with Gasteiger partial charge in [-0.1, -0.05) is 0 Å². The molecule has 0 bridgehead atoms. The first-order valence-electron chi connectivity index (χ1n) is 8.60. The second-order valence-electron chi connectivity index (χ2n) is 7.42. The summed E-state index contributed by atoms with van der Waals surface area (Å²) in [5.74, 6) is -0.208. The van der Waals surface area contributed by atoms with E-state index in [1.54, 1.807) is 32.9 Å². The van der Waals surface area contributed by atoms with E-state index >= 15 is 0 Å². The van der Waals surface area contributed by atoms with Gasteiger partial charge in [0, 0.05) is 30.8 Å².